The topological polar surface area (TPSA) is 93.1 Å². The summed E-state index contributed by atoms with van der Waals surface area (Å²) < 4.78 is 1.52. The number of thioether (sulfide) groups is 1. The molecule has 0 aliphatic heterocycles. The number of urea groups is 1. The number of hydrogen-bond acceptors (Lipinski definition) is 5. The molecule has 3 amide bonds. The first-order chi connectivity index (χ1) is 11.0. The smallest absolute Gasteiger partial charge is 0.321 e. The van der Waals surface area contributed by atoms with Crippen LogP contribution in [0.5, 0.6) is 0 Å². The Labute approximate surface area is 137 Å². The number of nitrogens with one attached hydrogen (secondary N) is 2. The van der Waals surface area contributed by atoms with Crippen LogP contribution in [0.2, 0.25) is 0 Å². The SMILES string of the molecule is CCn1c(S[C@@H](C)C(=O)NC(=O)NC)nc2ccccc2c1=O. The molecule has 0 bridgehead atoms. The van der Waals surface area contributed by atoms with Gasteiger partial charge in [0.05, 0.1) is 16.2 Å². The van der Waals surface area contributed by atoms with E-state index in [1.54, 1.807) is 31.2 Å². The second-order valence-electron chi connectivity index (χ2n) is 4.79. The Kier molecular flexibility index (Phi) is 5.38. The van der Waals surface area contributed by atoms with E-state index in [1.165, 1.54) is 11.6 Å². The van der Waals surface area contributed by atoms with Crippen LogP contribution in [0.15, 0.2) is 34.2 Å². The van der Waals surface area contributed by atoms with Gasteiger partial charge in [0.1, 0.15) is 0 Å². The first-order valence-electron chi connectivity index (χ1n) is 7.16. The van der Waals surface area contributed by atoms with Crippen LogP contribution in [-0.2, 0) is 11.3 Å². The molecule has 0 spiro atoms. The van der Waals surface area contributed by atoms with Gasteiger partial charge in [0, 0.05) is 13.6 Å². The fourth-order valence-electron chi connectivity index (χ4n) is 2.00. The minimum absolute atomic E-state index is 0.139. The Bertz CT molecular complexity index is 803. The Morgan fingerprint density at radius 1 is 1.35 bits per heavy atom. The lowest BCUT2D eigenvalue weighted by atomic mass is 10.2. The molecule has 7 nitrogen and oxygen atoms in total. The van der Waals surface area contributed by atoms with Crippen molar-refractivity contribution < 1.29 is 9.59 Å². The van der Waals surface area contributed by atoms with E-state index in [1.807, 2.05) is 6.92 Å². The Hall–Kier alpha value is -2.35. The van der Waals surface area contributed by atoms with E-state index < -0.39 is 17.2 Å². The first kappa shape index (κ1) is 17.0. The Balaban J connectivity index is 2.34. The van der Waals surface area contributed by atoms with Gasteiger partial charge < -0.3 is 5.32 Å². The quantitative estimate of drug-likeness (QED) is 0.650. The molecule has 2 rings (SSSR count). The zero-order chi connectivity index (χ0) is 17.0. The van der Waals surface area contributed by atoms with Crippen LogP contribution in [0.4, 0.5) is 4.79 Å². The second-order valence-corrected chi connectivity index (χ2v) is 6.10. The van der Waals surface area contributed by atoms with Gasteiger partial charge >= 0.3 is 6.03 Å². The number of hydrogen-bond donors (Lipinski definition) is 2. The minimum atomic E-state index is -0.571. The van der Waals surface area contributed by atoms with Gasteiger partial charge in [-0.25, -0.2) is 9.78 Å². The van der Waals surface area contributed by atoms with E-state index in [9.17, 15) is 14.4 Å². The molecule has 122 valence electrons. The van der Waals surface area contributed by atoms with Crippen LogP contribution in [0.25, 0.3) is 10.9 Å². The molecular formula is C15H18N4O3S. The first-order valence-corrected chi connectivity index (χ1v) is 8.04. The van der Waals surface area contributed by atoms with Crippen molar-refractivity contribution in [3.8, 4) is 0 Å². The van der Waals surface area contributed by atoms with Crippen LogP contribution in [0.1, 0.15) is 13.8 Å². The predicted octanol–water partition coefficient (Wildman–Crippen LogP) is 1.35. The van der Waals surface area contributed by atoms with Crippen LogP contribution in [0, 0.1) is 0 Å². The van der Waals surface area contributed by atoms with Crippen molar-refractivity contribution in [2.75, 3.05) is 7.05 Å². The van der Waals surface area contributed by atoms with E-state index in [-0.39, 0.29) is 5.56 Å². The zero-order valence-corrected chi connectivity index (χ0v) is 13.9. The molecule has 0 fully saturated rings. The molecule has 0 aliphatic rings. The summed E-state index contributed by atoms with van der Waals surface area (Å²) in [5.41, 5.74) is 0.447. The highest BCUT2D eigenvalue weighted by Gasteiger charge is 2.20. The van der Waals surface area contributed by atoms with Crippen molar-refractivity contribution in [2.45, 2.75) is 30.8 Å². The number of carbonyl (C=O) groups excluding carboxylic acids is 2. The van der Waals surface area contributed by atoms with Gasteiger partial charge in [-0.15, -0.1) is 0 Å². The van der Waals surface area contributed by atoms with Gasteiger partial charge in [0.2, 0.25) is 5.91 Å². The number of amides is 3. The zero-order valence-electron chi connectivity index (χ0n) is 13.1. The summed E-state index contributed by atoms with van der Waals surface area (Å²) in [7, 11) is 1.43. The molecule has 0 unspecified atom stereocenters. The highest BCUT2D eigenvalue weighted by Crippen LogP contribution is 2.22. The average Bonchev–Trinajstić information content (AvgIpc) is 2.55. The molecular weight excluding hydrogens is 316 g/mol. The van der Waals surface area contributed by atoms with E-state index in [0.717, 1.165) is 11.8 Å². The largest absolute Gasteiger partial charge is 0.341 e. The maximum Gasteiger partial charge on any atom is 0.321 e. The highest BCUT2D eigenvalue weighted by atomic mass is 32.2. The molecule has 1 atom stereocenters. The van der Waals surface area contributed by atoms with Crippen molar-refractivity contribution in [3.05, 3.63) is 34.6 Å². The van der Waals surface area contributed by atoms with E-state index in [0.29, 0.717) is 22.6 Å². The number of carbonyl (C=O) groups is 2. The number of rotatable bonds is 4. The molecule has 2 aromatic rings. The summed E-state index contributed by atoms with van der Waals surface area (Å²) in [6, 6.07) is 6.52. The summed E-state index contributed by atoms with van der Waals surface area (Å²) in [6.07, 6.45) is 0. The molecule has 1 aromatic heterocycles. The molecule has 0 radical (unpaired) electrons. The highest BCUT2D eigenvalue weighted by molar-refractivity contribution is 8.00. The van der Waals surface area contributed by atoms with E-state index in [2.05, 4.69) is 15.6 Å². The van der Waals surface area contributed by atoms with Crippen molar-refractivity contribution in [1.29, 1.82) is 0 Å². The van der Waals surface area contributed by atoms with Gasteiger partial charge in [-0.05, 0) is 26.0 Å². The summed E-state index contributed by atoms with van der Waals surface area (Å²) in [5.74, 6) is -0.445. The lowest BCUT2D eigenvalue weighted by Crippen LogP contribution is -2.41. The standard InChI is InChI=1S/C15H18N4O3S/c1-4-19-13(21)10-7-5-6-8-11(10)17-15(19)23-9(2)12(20)18-14(22)16-3/h5-9H,4H2,1-3H3,(H2,16,18,20,22)/t9-/m0/s1. The molecule has 0 aliphatic carbocycles. The predicted molar refractivity (Wildman–Crippen MR) is 89.6 cm³/mol. The third-order valence-corrected chi connectivity index (χ3v) is 4.35. The monoisotopic (exact) mass is 334 g/mol. The lowest BCUT2D eigenvalue weighted by Gasteiger charge is -2.14. The summed E-state index contributed by atoms with van der Waals surface area (Å²) in [6.45, 7) is 3.95. The van der Waals surface area contributed by atoms with Gasteiger partial charge in [-0.2, -0.15) is 0 Å². The number of fused-ring (bicyclic) bond motifs is 1. The Morgan fingerprint density at radius 3 is 2.70 bits per heavy atom. The minimum Gasteiger partial charge on any atom is -0.341 e. The molecule has 1 heterocycles. The summed E-state index contributed by atoms with van der Waals surface area (Å²) in [5, 5.41) is 4.96. The van der Waals surface area contributed by atoms with Gasteiger partial charge in [0.25, 0.3) is 5.56 Å². The maximum absolute atomic E-state index is 12.5. The van der Waals surface area contributed by atoms with Crippen LogP contribution in [-0.4, -0.2) is 33.8 Å². The molecule has 1 aromatic carbocycles. The van der Waals surface area contributed by atoms with Gasteiger partial charge in [-0.1, -0.05) is 23.9 Å². The molecule has 0 saturated heterocycles. The maximum atomic E-state index is 12.5. The number of para-hydroxylation sites is 1. The number of nitrogens with zero attached hydrogens (tertiary/aromatic N) is 2. The van der Waals surface area contributed by atoms with Gasteiger partial charge in [0.15, 0.2) is 5.16 Å². The van der Waals surface area contributed by atoms with E-state index in [4.69, 9.17) is 0 Å². The van der Waals surface area contributed by atoms with Crippen LogP contribution < -0.4 is 16.2 Å². The number of aromatic nitrogens is 2. The fraction of sp³-hybridized carbons (Fsp3) is 0.333. The van der Waals surface area contributed by atoms with Gasteiger partial charge in [-0.3, -0.25) is 19.5 Å². The van der Waals surface area contributed by atoms with Crippen molar-refractivity contribution in [3.63, 3.8) is 0 Å². The van der Waals surface area contributed by atoms with E-state index >= 15 is 0 Å². The molecule has 23 heavy (non-hydrogen) atoms. The lowest BCUT2D eigenvalue weighted by molar-refractivity contribution is -0.119. The molecule has 8 heteroatoms. The number of imide groups is 1. The van der Waals surface area contributed by atoms with Crippen molar-refractivity contribution >= 4 is 34.6 Å². The Morgan fingerprint density at radius 2 is 2.04 bits per heavy atom. The summed E-state index contributed by atoms with van der Waals surface area (Å²) >= 11 is 1.14. The van der Waals surface area contributed by atoms with Crippen LogP contribution >= 0.6 is 11.8 Å². The average molecular weight is 334 g/mol. The third kappa shape index (κ3) is 3.70. The second kappa shape index (κ2) is 7.28. The summed E-state index contributed by atoms with van der Waals surface area (Å²) in [4.78, 5) is 40.1. The normalized spacial score (nSPS) is 12.0. The van der Waals surface area contributed by atoms with Crippen molar-refractivity contribution in [2.24, 2.45) is 0 Å². The fourth-order valence-corrected chi connectivity index (χ4v) is 2.98. The third-order valence-electron chi connectivity index (χ3n) is 3.26. The van der Waals surface area contributed by atoms with Crippen LogP contribution in [0.3, 0.4) is 0 Å². The number of benzene rings is 1. The molecule has 2 N–H and O–H groups in total. The molecule has 0 saturated carbocycles. The van der Waals surface area contributed by atoms with Crippen molar-refractivity contribution in [1.82, 2.24) is 20.2 Å².